The molecule has 0 bridgehead atoms. The summed E-state index contributed by atoms with van der Waals surface area (Å²) < 4.78 is 5.74. The SMILES string of the molecule is C=CC(=O)NC(CC)c1ccccc1OCC(=O)N1CCCC1. The molecule has 0 aliphatic carbocycles. The van der Waals surface area contributed by atoms with Crippen molar-refractivity contribution < 1.29 is 14.3 Å². The van der Waals surface area contributed by atoms with Gasteiger partial charge in [-0.3, -0.25) is 9.59 Å². The molecule has 1 saturated heterocycles. The summed E-state index contributed by atoms with van der Waals surface area (Å²) in [7, 11) is 0. The first-order chi connectivity index (χ1) is 11.2. The zero-order chi connectivity index (χ0) is 16.7. The first-order valence-corrected chi connectivity index (χ1v) is 8.08. The monoisotopic (exact) mass is 316 g/mol. The molecular formula is C18H24N2O3. The molecule has 1 unspecified atom stereocenters. The number of amides is 2. The van der Waals surface area contributed by atoms with Gasteiger partial charge in [-0.1, -0.05) is 31.7 Å². The van der Waals surface area contributed by atoms with Gasteiger partial charge in [0.05, 0.1) is 6.04 Å². The Labute approximate surface area is 137 Å². The van der Waals surface area contributed by atoms with E-state index >= 15 is 0 Å². The maximum atomic E-state index is 12.1. The number of ether oxygens (including phenoxy) is 1. The molecule has 0 spiro atoms. The van der Waals surface area contributed by atoms with Crippen LogP contribution in [0.3, 0.4) is 0 Å². The molecule has 1 heterocycles. The summed E-state index contributed by atoms with van der Waals surface area (Å²) in [5.41, 5.74) is 0.874. The number of nitrogens with one attached hydrogen (secondary N) is 1. The maximum absolute atomic E-state index is 12.1. The van der Waals surface area contributed by atoms with Crippen molar-refractivity contribution in [3.63, 3.8) is 0 Å². The van der Waals surface area contributed by atoms with Crippen molar-refractivity contribution in [2.24, 2.45) is 0 Å². The number of carbonyl (C=O) groups excluding carboxylic acids is 2. The predicted molar refractivity (Wildman–Crippen MR) is 89.1 cm³/mol. The van der Waals surface area contributed by atoms with Crippen molar-refractivity contribution in [2.45, 2.75) is 32.2 Å². The van der Waals surface area contributed by atoms with Crippen molar-refractivity contribution in [3.8, 4) is 5.75 Å². The highest BCUT2D eigenvalue weighted by molar-refractivity contribution is 5.87. The third kappa shape index (κ3) is 4.58. The summed E-state index contributed by atoms with van der Waals surface area (Å²) in [6.07, 6.45) is 4.10. The molecular weight excluding hydrogens is 292 g/mol. The van der Waals surface area contributed by atoms with Crippen LogP contribution < -0.4 is 10.1 Å². The quantitative estimate of drug-likeness (QED) is 0.786. The molecule has 23 heavy (non-hydrogen) atoms. The van der Waals surface area contributed by atoms with Crippen LogP contribution in [0, 0.1) is 0 Å². The lowest BCUT2D eigenvalue weighted by atomic mass is 10.0. The molecule has 1 aliphatic heterocycles. The summed E-state index contributed by atoms with van der Waals surface area (Å²) in [5, 5.41) is 2.88. The standard InChI is InChI=1S/C18H24N2O3/c1-3-15(19-17(21)4-2)14-9-5-6-10-16(14)23-13-18(22)20-11-7-8-12-20/h4-6,9-10,15H,2-3,7-8,11-13H2,1H3,(H,19,21). The molecule has 0 radical (unpaired) electrons. The molecule has 1 aromatic carbocycles. The summed E-state index contributed by atoms with van der Waals surface area (Å²) in [5.74, 6) is 0.427. The van der Waals surface area contributed by atoms with Crippen LogP contribution in [-0.4, -0.2) is 36.4 Å². The normalized spacial score (nSPS) is 15.1. The molecule has 0 saturated carbocycles. The fourth-order valence-electron chi connectivity index (χ4n) is 2.73. The molecule has 0 aromatic heterocycles. The van der Waals surface area contributed by atoms with Crippen LogP contribution in [0.4, 0.5) is 0 Å². The van der Waals surface area contributed by atoms with Crippen molar-refractivity contribution in [3.05, 3.63) is 42.5 Å². The van der Waals surface area contributed by atoms with E-state index in [-0.39, 0.29) is 24.5 Å². The Kier molecular flexibility index (Phi) is 6.20. The van der Waals surface area contributed by atoms with Gasteiger partial charge in [0.15, 0.2) is 6.61 Å². The first-order valence-electron chi connectivity index (χ1n) is 8.08. The Morgan fingerprint density at radius 1 is 1.35 bits per heavy atom. The lowest BCUT2D eigenvalue weighted by Gasteiger charge is -2.21. The molecule has 1 aliphatic rings. The van der Waals surface area contributed by atoms with Gasteiger partial charge in [0.2, 0.25) is 5.91 Å². The first kappa shape index (κ1) is 17.1. The van der Waals surface area contributed by atoms with Gasteiger partial charge in [0.1, 0.15) is 5.75 Å². The van der Waals surface area contributed by atoms with E-state index in [0.29, 0.717) is 5.75 Å². The van der Waals surface area contributed by atoms with E-state index in [2.05, 4.69) is 11.9 Å². The van der Waals surface area contributed by atoms with Crippen LogP contribution in [-0.2, 0) is 9.59 Å². The average molecular weight is 316 g/mol. The largest absolute Gasteiger partial charge is 0.483 e. The van der Waals surface area contributed by atoms with E-state index in [1.807, 2.05) is 36.1 Å². The second-order valence-electron chi connectivity index (χ2n) is 5.59. The second-order valence-corrected chi connectivity index (χ2v) is 5.59. The number of hydrogen-bond acceptors (Lipinski definition) is 3. The number of likely N-dealkylation sites (tertiary alicyclic amines) is 1. The van der Waals surface area contributed by atoms with Crippen LogP contribution in [0.15, 0.2) is 36.9 Å². The summed E-state index contributed by atoms with van der Waals surface area (Å²) in [4.78, 5) is 25.5. The minimum Gasteiger partial charge on any atom is -0.483 e. The van der Waals surface area contributed by atoms with E-state index in [4.69, 9.17) is 4.74 Å². The number of rotatable bonds is 7. The molecule has 2 rings (SSSR count). The number of hydrogen-bond donors (Lipinski definition) is 1. The maximum Gasteiger partial charge on any atom is 0.260 e. The number of nitrogens with zero attached hydrogens (tertiary/aromatic N) is 1. The number of carbonyl (C=O) groups is 2. The fraction of sp³-hybridized carbons (Fsp3) is 0.444. The third-order valence-corrected chi connectivity index (χ3v) is 4.01. The van der Waals surface area contributed by atoms with Gasteiger partial charge >= 0.3 is 0 Å². The smallest absolute Gasteiger partial charge is 0.260 e. The highest BCUT2D eigenvalue weighted by atomic mass is 16.5. The predicted octanol–water partition coefficient (Wildman–Crippen LogP) is 2.44. The van der Waals surface area contributed by atoms with Gasteiger partial charge in [0, 0.05) is 18.7 Å². The van der Waals surface area contributed by atoms with E-state index in [9.17, 15) is 9.59 Å². The zero-order valence-corrected chi connectivity index (χ0v) is 13.6. The Morgan fingerprint density at radius 3 is 2.70 bits per heavy atom. The molecule has 5 nitrogen and oxygen atoms in total. The average Bonchev–Trinajstić information content (AvgIpc) is 3.12. The number of benzene rings is 1. The van der Waals surface area contributed by atoms with Gasteiger partial charge < -0.3 is 15.0 Å². The minimum atomic E-state index is -0.222. The van der Waals surface area contributed by atoms with E-state index in [0.717, 1.165) is 37.9 Å². The minimum absolute atomic E-state index is 0.0143. The Bertz CT molecular complexity index is 565. The molecule has 1 atom stereocenters. The van der Waals surface area contributed by atoms with Crippen LogP contribution in [0.5, 0.6) is 5.75 Å². The van der Waals surface area contributed by atoms with Gasteiger partial charge in [-0.15, -0.1) is 0 Å². The Hall–Kier alpha value is -2.30. The van der Waals surface area contributed by atoms with Gasteiger partial charge in [-0.2, -0.15) is 0 Å². The van der Waals surface area contributed by atoms with E-state index in [1.54, 1.807) is 0 Å². The summed E-state index contributed by atoms with van der Waals surface area (Å²) in [6.45, 7) is 7.12. The molecule has 1 N–H and O–H groups in total. The van der Waals surface area contributed by atoms with Crippen LogP contribution in [0.2, 0.25) is 0 Å². The lowest BCUT2D eigenvalue weighted by molar-refractivity contribution is -0.132. The van der Waals surface area contributed by atoms with Crippen molar-refractivity contribution in [1.29, 1.82) is 0 Å². The second kappa shape index (κ2) is 8.36. The van der Waals surface area contributed by atoms with Crippen molar-refractivity contribution in [2.75, 3.05) is 19.7 Å². The molecule has 2 amide bonds. The Morgan fingerprint density at radius 2 is 2.04 bits per heavy atom. The van der Waals surface area contributed by atoms with Crippen LogP contribution in [0.1, 0.15) is 37.8 Å². The molecule has 1 fully saturated rings. The highest BCUT2D eigenvalue weighted by Crippen LogP contribution is 2.27. The highest BCUT2D eigenvalue weighted by Gasteiger charge is 2.20. The zero-order valence-electron chi connectivity index (χ0n) is 13.6. The van der Waals surface area contributed by atoms with Crippen LogP contribution in [0.25, 0.3) is 0 Å². The Balaban J connectivity index is 2.05. The summed E-state index contributed by atoms with van der Waals surface area (Å²) >= 11 is 0. The van der Waals surface area contributed by atoms with E-state index in [1.165, 1.54) is 6.08 Å². The van der Waals surface area contributed by atoms with Crippen molar-refractivity contribution in [1.82, 2.24) is 10.2 Å². The molecule has 5 heteroatoms. The third-order valence-electron chi connectivity index (χ3n) is 4.01. The van der Waals surface area contributed by atoms with E-state index < -0.39 is 0 Å². The van der Waals surface area contributed by atoms with Gasteiger partial charge in [-0.05, 0) is 31.4 Å². The lowest BCUT2D eigenvalue weighted by Crippen LogP contribution is -2.32. The van der Waals surface area contributed by atoms with Crippen molar-refractivity contribution >= 4 is 11.8 Å². The summed E-state index contributed by atoms with van der Waals surface area (Å²) in [6, 6.07) is 7.33. The fourth-order valence-corrected chi connectivity index (χ4v) is 2.73. The molecule has 1 aromatic rings. The molecule has 124 valence electrons. The van der Waals surface area contributed by atoms with Gasteiger partial charge in [0.25, 0.3) is 5.91 Å². The van der Waals surface area contributed by atoms with Crippen LogP contribution >= 0.6 is 0 Å². The number of para-hydroxylation sites is 1. The van der Waals surface area contributed by atoms with Gasteiger partial charge in [-0.25, -0.2) is 0 Å². The topological polar surface area (TPSA) is 58.6 Å².